The van der Waals surface area contributed by atoms with Gasteiger partial charge in [0, 0.05) is 11.3 Å². The van der Waals surface area contributed by atoms with E-state index in [9.17, 15) is 4.79 Å². The Balaban J connectivity index is 1.69. The molecule has 1 saturated heterocycles. The van der Waals surface area contributed by atoms with Gasteiger partial charge in [-0.1, -0.05) is 19.4 Å². The van der Waals surface area contributed by atoms with Crippen LogP contribution in [-0.2, 0) is 9.53 Å². The number of hydrogen-bond acceptors (Lipinski definition) is 4. The lowest BCUT2D eigenvalue weighted by Gasteiger charge is -2.23. The van der Waals surface area contributed by atoms with Crippen molar-refractivity contribution >= 4 is 17.2 Å². The Labute approximate surface area is 131 Å². The Bertz CT molecular complexity index is 402. The van der Waals surface area contributed by atoms with Gasteiger partial charge in [0.25, 0.3) is 0 Å². The van der Waals surface area contributed by atoms with Gasteiger partial charge >= 0.3 is 0 Å². The molecule has 1 aromatic rings. The van der Waals surface area contributed by atoms with E-state index < -0.39 is 0 Å². The summed E-state index contributed by atoms with van der Waals surface area (Å²) in [5, 5.41) is 8.51. The van der Waals surface area contributed by atoms with Crippen LogP contribution in [0.25, 0.3) is 0 Å². The molecule has 21 heavy (non-hydrogen) atoms. The minimum Gasteiger partial charge on any atom is -0.378 e. The SMILES string of the molecule is CCCC(NC(=O)CCOC1CCNCC1)c1cccs1. The van der Waals surface area contributed by atoms with Gasteiger partial charge in [0.15, 0.2) is 0 Å². The first kappa shape index (κ1) is 16.5. The molecule has 0 spiro atoms. The van der Waals surface area contributed by atoms with Gasteiger partial charge in [-0.15, -0.1) is 11.3 Å². The Kier molecular flexibility index (Phi) is 7.19. The Hall–Kier alpha value is -0.910. The fourth-order valence-corrected chi connectivity index (χ4v) is 3.42. The van der Waals surface area contributed by atoms with E-state index in [1.54, 1.807) is 11.3 Å². The van der Waals surface area contributed by atoms with E-state index in [1.807, 2.05) is 6.07 Å². The van der Waals surface area contributed by atoms with Gasteiger partial charge in [0.1, 0.15) is 0 Å². The summed E-state index contributed by atoms with van der Waals surface area (Å²) >= 11 is 1.71. The van der Waals surface area contributed by atoms with Crippen molar-refractivity contribution in [1.82, 2.24) is 10.6 Å². The van der Waals surface area contributed by atoms with Crippen molar-refractivity contribution in [3.63, 3.8) is 0 Å². The van der Waals surface area contributed by atoms with E-state index in [1.165, 1.54) is 4.88 Å². The average molecular weight is 310 g/mol. The van der Waals surface area contributed by atoms with Gasteiger partial charge in [0.2, 0.25) is 5.91 Å². The molecule has 1 aliphatic heterocycles. The van der Waals surface area contributed by atoms with Crippen LogP contribution in [0.1, 0.15) is 49.9 Å². The van der Waals surface area contributed by atoms with E-state index in [0.29, 0.717) is 19.1 Å². The second kappa shape index (κ2) is 9.18. The summed E-state index contributed by atoms with van der Waals surface area (Å²) in [5.74, 6) is 0.0933. The summed E-state index contributed by atoms with van der Waals surface area (Å²) in [4.78, 5) is 13.3. The quantitative estimate of drug-likeness (QED) is 0.776. The second-order valence-corrected chi connectivity index (χ2v) is 6.47. The molecule has 1 amide bonds. The predicted octanol–water partition coefficient (Wildman–Crippen LogP) is 2.86. The van der Waals surface area contributed by atoms with Crippen LogP contribution in [-0.4, -0.2) is 31.7 Å². The lowest BCUT2D eigenvalue weighted by molar-refractivity contribution is -0.123. The minimum atomic E-state index is 0.0933. The summed E-state index contributed by atoms with van der Waals surface area (Å²) in [7, 11) is 0. The van der Waals surface area contributed by atoms with Crippen LogP contribution >= 0.6 is 11.3 Å². The molecular weight excluding hydrogens is 284 g/mol. The molecule has 0 radical (unpaired) electrons. The fraction of sp³-hybridized carbons (Fsp3) is 0.688. The largest absolute Gasteiger partial charge is 0.378 e. The fourth-order valence-electron chi connectivity index (χ4n) is 2.61. The van der Waals surface area contributed by atoms with E-state index in [2.05, 4.69) is 29.0 Å². The molecule has 0 aromatic carbocycles. The molecular formula is C16H26N2O2S. The van der Waals surface area contributed by atoms with Gasteiger partial charge in [-0.05, 0) is 43.8 Å². The van der Waals surface area contributed by atoms with Crippen LogP contribution in [0.3, 0.4) is 0 Å². The van der Waals surface area contributed by atoms with Crippen LogP contribution in [0, 0.1) is 0 Å². The minimum absolute atomic E-state index is 0.0933. The van der Waals surface area contributed by atoms with Gasteiger partial charge in [0.05, 0.1) is 18.8 Å². The zero-order chi connectivity index (χ0) is 14.9. The summed E-state index contributed by atoms with van der Waals surface area (Å²) in [6, 6.07) is 4.28. The molecule has 2 N–H and O–H groups in total. The Morgan fingerprint density at radius 1 is 1.52 bits per heavy atom. The molecule has 5 heteroatoms. The van der Waals surface area contributed by atoms with E-state index >= 15 is 0 Å². The van der Waals surface area contributed by atoms with Gasteiger partial charge in [-0.25, -0.2) is 0 Å². The topological polar surface area (TPSA) is 50.4 Å². The molecule has 4 nitrogen and oxygen atoms in total. The maximum Gasteiger partial charge on any atom is 0.222 e. The highest BCUT2D eigenvalue weighted by atomic mass is 32.1. The third-order valence-electron chi connectivity index (χ3n) is 3.77. The summed E-state index contributed by atoms with van der Waals surface area (Å²) in [6.07, 6.45) is 4.93. The van der Waals surface area contributed by atoms with Crippen molar-refractivity contribution in [2.75, 3.05) is 19.7 Å². The average Bonchev–Trinajstić information content (AvgIpc) is 3.02. The van der Waals surface area contributed by atoms with Crippen molar-refractivity contribution in [3.8, 4) is 0 Å². The lowest BCUT2D eigenvalue weighted by atomic mass is 10.1. The predicted molar refractivity (Wildman–Crippen MR) is 86.6 cm³/mol. The Morgan fingerprint density at radius 2 is 2.33 bits per heavy atom. The lowest BCUT2D eigenvalue weighted by Crippen LogP contribution is -2.34. The summed E-state index contributed by atoms with van der Waals surface area (Å²) in [6.45, 7) is 4.72. The van der Waals surface area contributed by atoms with Gasteiger partial charge in [-0.2, -0.15) is 0 Å². The number of amides is 1. The number of nitrogens with one attached hydrogen (secondary N) is 2. The standard InChI is InChI=1S/C16H26N2O2S/c1-2-4-14(15-5-3-12-21-15)18-16(19)8-11-20-13-6-9-17-10-7-13/h3,5,12-14,17H,2,4,6-11H2,1H3,(H,18,19). The van der Waals surface area contributed by atoms with Crippen LogP contribution in [0.5, 0.6) is 0 Å². The molecule has 0 aliphatic carbocycles. The second-order valence-electron chi connectivity index (χ2n) is 5.49. The zero-order valence-electron chi connectivity index (χ0n) is 12.8. The smallest absolute Gasteiger partial charge is 0.222 e. The molecule has 2 heterocycles. The van der Waals surface area contributed by atoms with Crippen molar-refractivity contribution in [1.29, 1.82) is 0 Å². The number of ether oxygens (including phenoxy) is 1. The van der Waals surface area contributed by atoms with Gasteiger partial charge < -0.3 is 15.4 Å². The van der Waals surface area contributed by atoms with Crippen molar-refractivity contribution in [2.45, 2.75) is 51.2 Å². The molecule has 0 saturated carbocycles. The Morgan fingerprint density at radius 3 is 3.00 bits per heavy atom. The number of carbonyl (C=O) groups is 1. The normalized spacial score (nSPS) is 17.6. The molecule has 1 unspecified atom stereocenters. The molecule has 1 fully saturated rings. The first-order chi connectivity index (χ1) is 10.3. The molecule has 0 bridgehead atoms. The number of thiophene rings is 1. The molecule has 1 atom stereocenters. The third-order valence-corrected chi connectivity index (χ3v) is 4.75. The highest BCUT2D eigenvalue weighted by molar-refractivity contribution is 7.10. The molecule has 1 aliphatic rings. The molecule has 2 rings (SSSR count). The van der Waals surface area contributed by atoms with Gasteiger partial charge in [-0.3, -0.25) is 4.79 Å². The number of hydrogen-bond donors (Lipinski definition) is 2. The van der Waals surface area contributed by atoms with Crippen molar-refractivity contribution in [2.24, 2.45) is 0 Å². The highest BCUT2D eigenvalue weighted by Crippen LogP contribution is 2.23. The maximum absolute atomic E-state index is 12.1. The monoisotopic (exact) mass is 310 g/mol. The first-order valence-electron chi connectivity index (χ1n) is 7.94. The number of piperidine rings is 1. The van der Waals surface area contributed by atoms with E-state index in [-0.39, 0.29) is 11.9 Å². The number of rotatable bonds is 8. The first-order valence-corrected chi connectivity index (χ1v) is 8.82. The van der Waals surface area contributed by atoms with Crippen LogP contribution < -0.4 is 10.6 Å². The number of carbonyl (C=O) groups excluding carboxylic acids is 1. The maximum atomic E-state index is 12.1. The molecule has 118 valence electrons. The van der Waals surface area contributed by atoms with Crippen LogP contribution in [0.15, 0.2) is 17.5 Å². The summed E-state index contributed by atoms with van der Waals surface area (Å²) < 4.78 is 5.79. The van der Waals surface area contributed by atoms with E-state index in [4.69, 9.17) is 4.74 Å². The van der Waals surface area contributed by atoms with Crippen LogP contribution in [0.2, 0.25) is 0 Å². The molecule has 1 aromatic heterocycles. The zero-order valence-corrected chi connectivity index (χ0v) is 13.6. The van der Waals surface area contributed by atoms with Crippen molar-refractivity contribution in [3.05, 3.63) is 22.4 Å². The third kappa shape index (κ3) is 5.77. The van der Waals surface area contributed by atoms with Crippen molar-refractivity contribution < 1.29 is 9.53 Å². The van der Waals surface area contributed by atoms with E-state index in [0.717, 1.165) is 38.8 Å². The summed E-state index contributed by atoms with van der Waals surface area (Å²) in [5.41, 5.74) is 0. The van der Waals surface area contributed by atoms with Crippen LogP contribution in [0.4, 0.5) is 0 Å². The highest BCUT2D eigenvalue weighted by Gasteiger charge is 2.16.